The Morgan fingerprint density at radius 3 is 2.93 bits per heavy atom. The summed E-state index contributed by atoms with van der Waals surface area (Å²) in [5.41, 5.74) is 2.54. The average Bonchev–Trinajstić information content (AvgIpc) is 2.59. The topological polar surface area (TPSA) is 42.1 Å². The molecule has 0 saturated heterocycles. The lowest BCUT2D eigenvalue weighted by Gasteiger charge is -1.90. The maximum absolute atomic E-state index is 11.2. The van der Waals surface area contributed by atoms with Crippen molar-refractivity contribution in [3.8, 4) is 0 Å². The summed E-state index contributed by atoms with van der Waals surface area (Å²) in [4.78, 5) is 14.1. The molecule has 1 aromatic heterocycles. The molecule has 0 bridgehead atoms. The summed E-state index contributed by atoms with van der Waals surface area (Å²) in [6.07, 6.45) is 0. The van der Waals surface area contributed by atoms with E-state index in [4.69, 9.17) is 0 Å². The van der Waals surface area contributed by atoms with E-state index in [0.29, 0.717) is 5.69 Å². The van der Waals surface area contributed by atoms with Crippen LogP contribution in [-0.2, 0) is 3.83 Å². The van der Waals surface area contributed by atoms with E-state index < -0.39 is 5.97 Å². The van der Waals surface area contributed by atoms with Crippen LogP contribution in [0.5, 0.6) is 0 Å². The molecular formula is C10H8BrNO2. The van der Waals surface area contributed by atoms with Crippen LogP contribution in [0.3, 0.4) is 0 Å². The Morgan fingerprint density at radius 1 is 1.43 bits per heavy atom. The predicted octanol–water partition coefficient (Wildman–Crippen LogP) is 2.94. The zero-order chi connectivity index (χ0) is 10.1. The van der Waals surface area contributed by atoms with Crippen LogP contribution in [0.4, 0.5) is 0 Å². The number of nitrogens with one attached hydrogen (secondary N) is 1. The van der Waals surface area contributed by atoms with E-state index in [2.05, 4.69) is 25.1 Å². The molecule has 3 nitrogen and oxygen atoms in total. The van der Waals surface area contributed by atoms with Crippen molar-refractivity contribution < 1.29 is 8.62 Å². The number of H-pyrrole nitrogens is 1. The first-order valence-corrected chi connectivity index (χ1v) is 4.78. The number of rotatable bonds is 1. The van der Waals surface area contributed by atoms with Crippen LogP contribution in [0.25, 0.3) is 10.9 Å². The number of carbonyl (C=O) groups excluding carboxylic acids is 1. The van der Waals surface area contributed by atoms with Gasteiger partial charge in [-0.25, -0.2) is 4.79 Å². The number of aromatic nitrogens is 1. The van der Waals surface area contributed by atoms with Gasteiger partial charge in [-0.2, -0.15) is 0 Å². The Kier molecular flexibility index (Phi) is 2.29. The number of aromatic amines is 1. The van der Waals surface area contributed by atoms with Crippen molar-refractivity contribution in [2.45, 2.75) is 6.92 Å². The number of halogens is 1. The third-order valence-electron chi connectivity index (χ3n) is 2.07. The minimum atomic E-state index is -0.418. The van der Waals surface area contributed by atoms with E-state index in [9.17, 15) is 4.79 Å². The monoisotopic (exact) mass is 253 g/mol. The summed E-state index contributed by atoms with van der Waals surface area (Å²) in [5.74, 6) is -0.418. The molecule has 0 unspecified atom stereocenters. The van der Waals surface area contributed by atoms with E-state index in [0.717, 1.165) is 16.5 Å². The largest absolute Gasteiger partial charge is 0.379 e. The van der Waals surface area contributed by atoms with Crippen molar-refractivity contribution in [1.29, 1.82) is 0 Å². The molecule has 0 saturated carbocycles. The van der Waals surface area contributed by atoms with Crippen LogP contribution in [0.1, 0.15) is 16.1 Å². The molecule has 0 aliphatic heterocycles. The minimum Gasteiger partial charge on any atom is -0.379 e. The van der Waals surface area contributed by atoms with Gasteiger partial charge in [0.05, 0.1) is 0 Å². The smallest absolute Gasteiger partial charge is 0.366 e. The molecule has 1 N–H and O–H groups in total. The number of fused-ring (bicyclic) bond motifs is 1. The second kappa shape index (κ2) is 3.46. The quantitative estimate of drug-likeness (QED) is 0.850. The van der Waals surface area contributed by atoms with E-state index >= 15 is 0 Å². The lowest BCUT2D eigenvalue weighted by molar-refractivity contribution is 0.0777. The third kappa shape index (κ3) is 1.53. The Morgan fingerprint density at radius 2 is 2.21 bits per heavy atom. The van der Waals surface area contributed by atoms with Gasteiger partial charge in [0.2, 0.25) is 0 Å². The average molecular weight is 254 g/mol. The third-order valence-corrected chi connectivity index (χ3v) is 2.36. The van der Waals surface area contributed by atoms with Gasteiger partial charge in [0, 0.05) is 10.9 Å². The molecule has 4 heteroatoms. The molecule has 2 aromatic rings. The predicted molar refractivity (Wildman–Crippen MR) is 57.4 cm³/mol. The number of benzene rings is 1. The van der Waals surface area contributed by atoms with Gasteiger partial charge >= 0.3 is 5.97 Å². The first kappa shape index (κ1) is 9.27. The number of carbonyl (C=O) groups is 1. The zero-order valence-electron chi connectivity index (χ0n) is 7.50. The van der Waals surface area contributed by atoms with Crippen molar-refractivity contribution in [1.82, 2.24) is 4.98 Å². The van der Waals surface area contributed by atoms with Crippen LogP contribution in [0.2, 0.25) is 0 Å². The molecule has 14 heavy (non-hydrogen) atoms. The lowest BCUT2D eigenvalue weighted by atomic mass is 10.2. The van der Waals surface area contributed by atoms with Crippen LogP contribution in [0.15, 0.2) is 24.3 Å². The van der Waals surface area contributed by atoms with Gasteiger partial charge < -0.3 is 8.81 Å². The van der Waals surface area contributed by atoms with Crippen molar-refractivity contribution in [2.75, 3.05) is 0 Å². The van der Waals surface area contributed by atoms with Crippen molar-refractivity contribution >= 4 is 33.1 Å². The molecular weight excluding hydrogens is 246 g/mol. The maximum Gasteiger partial charge on any atom is 0.366 e. The van der Waals surface area contributed by atoms with Crippen molar-refractivity contribution in [3.63, 3.8) is 0 Å². The molecule has 0 atom stereocenters. The van der Waals surface area contributed by atoms with Crippen LogP contribution >= 0.6 is 16.3 Å². The molecule has 1 heterocycles. The SMILES string of the molecule is Cc1ccc2[nH]c(C(=O)OBr)cc2c1. The van der Waals surface area contributed by atoms with Crippen LogP contribution in [0, 0.1) is 6.92 Å². The second-order valence-electron chi connectivity index (χ2n) is 3.14. The van der Waals surface area contributed by atoms with Gasteiger partial charge in [-0.05, 0) is 25.1 Å². The van der Waals surface area contributed by atoms with Crippen molar-refractivity contribution in [2.24, 2.45) is 0 Å². The van der Waals surface area contributed by atoms with Gasteiger partial charge in [-0.3, -0.25) is 0 Å². The highest BCUT2D eigenvalue weighted by Gasteiger charge is 2.09. The zero-order valence-corrected chi connectivity index (χ0v) is 9.09. The Labute approximate surface area is 89.5 Å². The minimum absolute atomic E-state index is 0.418. The van der Waals surface area contributed by atoms with Crippen LogP contribution in [-0.4, -0.2) is 11.0 Å². The molecule has 72 valence electrons. The van der Waals surface area contributed by atoms with E-state index in [1.807, 2.05) is 25.1 Å². The molecule has 0 radical (unpaired) electrons. The highest BCUT2D eigenvalue weighted by Crippen LogP contribution is 2.17. The van der Waals surface area contributed by atoms with Gasteiger partial charge in [-0.15, -0.1) is 0 Å². The van der Waals surface area contributed by atoms with Gasteiger partial charge in [0.1, 0.15) is 5.69 Å². The molecule has 0 aliphatic carbocycles. The Balaban J connectivity index is 2.56. The van der Waals surface area contributed by atoms with Crippen LogP contribution < -0.4 is 0 Å². The molecule has 2 rings (SSSR count). The fraction of sp³-hybridized carbons (Fsp3) is 0.100. The normalized spacial score (nSPS) is 10.4. The fourth-order valence-electron chi connectivity index (χ4n) is 1.40. The number of hydrogen-bond acceptors (Lipinski definition) is 2. The number of hydrogen-bond donors (Lipinski definition) is 1. The second-order valence-corrected chi connectivity index (χ2v) is 3.46. The molecule has 0 aliphatic rings. The van der Waals surface area contributed by atoms with Gasteiger partial charge in [0.25, 0.3) is 0 Å². The van der Waals surface area contributed by atoms with E-state index in [1.165, 1.54) is 0 Å². The summed E-state index contributed by atoms with van der Waals surface area (Å²) in [7, 11) is 0. The van der Waals surface area contributed by atoms with E-state index in [-0.39, 0.29) is 0 Å². The fourth-order valence-corrected chi connectivity index (χ4v) is 1.58. The summed E-state index contributed by atoms with van der Waals surface area (Å²) in [5, 5.41) is 1.01. The van der Waals surface area contributed by atoms with Gasteiger partial charge in [0.15, 0.2) is 16.3 Å². The van der Waals surface area contributed by atoms with Crippen molar-refractivity contribution in [3.05, 3.63) is 35.5 Å². The highest BCUT2D eigenvalue weighted by atomic mass is 79.9. The standard InChI is InChI=1S/C10H8BrNO2/c1-6-2-3-8-7(4-6)5-9(12-8)10(13)14-11/h2-5,12H,1H3. The first-order valence-electron chi connectivity index (χ1n) is 4.13. The summed E-state index contributed by atoms with van der Waals surface area (Å²) < 4.78 is 4.44. The maximum atomic E-state index is 11.2. The summed E-state index contributed by atoms with van der Waals surface area (Å²) in [6, 6.07) is 7.71. The van der Waals surface area contributed by atoms with Gasteiger partial charge in [-0.1, -0.05) is 11.6 Å². The summed E-state index contributed by atoms with van der Waals surface area (Å²) >= 11 is 2.65. The summed E-state index contributed by atoms with van der Waals surface area (Å²) in [6.45, 7) is 2.01. The molecule has 1 aromatic carbocycles. The molecule has 0 fully saturated rings. The Bertz CT molecular complexity index is 490. The Hall–Kier alpha value is -1.29. The lowest BCUT2D eigenvalue weighted by Crippen LogP contribution is -1.96. The molecule has 0 spiro atoms. The molecule has 0 amide bonds. The van der Waals surface area contributed by atoms with E-state index in [1.54, 1.807) is 6.07 Å². The first-order chi connectivity index (χ1) is 6.70. The number of aryl methyl sites for hydroxylation is 1. The highest BCUT2D eigenvalue weighted by molar-refractivity contribution is 9.06.